The van der Waals surface area contributed by atoms with E-state index in [1.165, 1.54) is 16.3 Å². The van der Waals surface area contributed by atoms with Crippen LogP contribution in [0.3, 0.4) is 0 Å². The lowest BCUT2D eigenvalue weighted by molar-refractivity contribution is 0.176. The molecule has 3 heteroatoms. The third kappa shape index (κ3) is 3.00. The highest BCUT2D eigenvalue weighted by atomic mass is 32.1. The molecule has 2 aromatic carbocycles. The van der Waals surface area contributed by atoms with E-state index in [2.05, 4.69) is 35.3 Å². The van der Waals surface area contributed by atoms with Crippen molar-refractivity contribution < 1.29 is 5.11 Å². The zero-order valence-electron chi connectivity index (χ0n) is 10.5. The number of nitrogens with zero attached hydrogens (tertiary/aromatic N) is 1. The summed E-state index contributed by atoms with van der Waals surface area (Å²) in [6.45, 7) is 0. The van der Waals surface area contributed by atoms with Crippen LogP contribution in [0.2, 0.25) is 0 Å². The van der Waals surface area contributed by atoms with Crippen LogP contribution in [0.25, 0.3) is 10.8 Å². The van der Waals surface area contributed by atoms with E-state index in [1.54, 1.807) is 16.8 Å². The average Bonchev–Trinajstić information content (AvgIpc) is 2.91. The van der Waals surface area contributed by atoms with Gasteiger partial charge in [0.05, 0.1) is 11.6 Å². The van der Waals surface area contributed by atoms with E-state index in [1.807, 2.05) is 18.3 Å². The van der Waals surface area contributed by atoms with Crippen LogP contribution in [0.1, 0.15) is 10.4 Å². The van der Waals surface area contributed by atoms with Gasteiger partial charge in [0.15, 0.2) is 0 Å². The highest BCUT2D eigenvalue weighted by Gasteiger charge is 2.08. The first-order valence-corrected chi connectivity index (χ1v) is 7.22. The molecule has 1 aromatic heterocycles. The van der Waals surface area contributed by atoms with Crippen molar-refractivity contribution >= 4 is 22.1 Å². The minimum absolute atomic E-state index is 0.346. The lowest BCUT2D eigenvalue weighted by Crippen LogP contribution is -2.13. The Morgan fingerprint density at radius 1 is 1.05 bits per heavy atom. The minimum Gasteiger partial charge on any atom is -0.392 e. The molecule has 3 aromatic rings. The van der Waals surface area contributed by atoms with Gasteiger partial charge in [0.25, 0.3) is 0 Å². The van der Waals surface area contributed by atoms with E-state index in [9.17, 15) is 5.11 Å². The van der Waals surface area contributed by atoms with Gasteiger partial charge in [-0.2, -0.15) is 0 Å². The number of aliphatic hydroxyl groups excluding tert-OH is 1. The maximum atomic E-state index is 10.1. The molecule has 1 atom stereocenters. The third-order valence-corrected chi connectivity index (χ3v) is 4.01. The first-order valence-electron chi connectivity index (χ1n) is 6.34. The molecule has 2 nitrogen and oxygen atoms in total. The third-order valence-electron chi connectivity index (χ3n) is 3.21. The van der Waals surface area contributed by atoms with Gasteiger partial charge in [-0.05, 0) is 22.8 Å². The number of aromatic nitrogens is 1. The van der Waals surface area contributed by atoms with Gasteiger partial charge in [-0.25, -0.2) is 0 Å². The number of benzene rings is 2. The molecule has 1 N–H and O–H groups in total. The fourth-order valence-electron chi connectivity index (χ4n) is 2.29. The Kier molecular flexibility index (Phi) is 3.58. The summed E-state index contributed by atoms with van der Waals surface area (Å²) < 4.78 is 0. The van der Waals surface area contributed by atoms with Crippen LogP contribution in [0, 0.1) is 0 Å². The van der Waals surface area contributed by atoms with E-state index in [-0.39, 0.29) is 6.10 Å². The lowest BCUT2D eigenvalue weighted by atomic mass is 10.0. The zero-order chi connectivity index (χ0) is 13.1. The first kappa shape index (κ1) is 12.3. The van der Waals surface area contributed by atoms with Crippen LogP contribution in [0.15, 0.2) is 54.2 Å². The number of rotatable bonds is 4. The fourth-order valence-corrected chi connectivity index (χ4v) is 2.95. The standard InChI is InChI=1S/C16H15NOS/c18-15(9-16-10-17-11-19-16)8-12-5-6-13-3-1-2-4-14(13)7-12/h1-7,10-11,15,18H,8-9H2. The van der Waals surface area contributed by atoms with Crippen molar-refractivity contribution in [2.75, 3.05) is 0 Å². The predicted octanol–water partition coefficient (Wildman–Crippen LogP) is 3.44. The van der Waals surface area contributed by atoms with Gasteiger partial charge in [0.2, 0.25) is 0 Å². The molecular weight excluding hydrogens is 254 g/mol. The van der Waals surface area contributed by atoms with Gasteiger partial charge in [0, 0.05) is 17.5 Å². The van der Waals surface area contributed by atoms with Gasteiger partial charge < -0.3 is 5.11 Å². The van der Waals surface area contributed by atoms with Crippen molar-refractivity contribution in [3.63, 3.8) is 0 Å². The molecule has 0 radical (unpaired) electrons. The van der Waals surface area contributed by atoms with Crippen LogP contribution in [0.4, 0.5) is 0 Å². The zero-order valence-corrected chi connectivity index (χ0v) is 11.3. The summed E-state index contributed by atoms with van der Waals surface area (Å²) in [4.78, 5) is 5.16. The Bertz CT molecular complexity index is 663. The lowest BCUT2D eigenvalue weighted by Gasteiger charge is -2.10. The van der Waals surface area contributed by atoms with Gasteiger partial charge in [-0.15, -0.1) is 11.3 Å². The minimum atomic E-state index is -0.346. The topological polar surface area (TPSA) is 33.1 Å². The predicted molar refractivity (Wildman–Crippen MR) is 79.5 cm³/mol. The van der Waals surface area contributed by atoms with Crippen LogP contribution in [-0.4, -0.2) is 16.2 Å². The summed E-state index contributed by atoms with van der Waals surface area (Å²) in [5.41, 5.74) is 2.98. The highest BCUT2D eigenvalue weighted by molar-refractivity contribution is 7.09. The van der Waals surface area contributed by atoms with Gasteiger partial charge >= 0.3 is 0 Å². The second-order valence-corrected chi connectivity index (χ2v) is 5.68. The molecule has 0 saturated carbocycles. The monoisotopic (exact) mass is 269 g/mol. The summed E-state index contributed by atoms with van der Waals surface area (Å²) in [6.07, 6.45) is 2.84. The number of fused-ring (bicyclic) bond motifs is 1. The van der Waals surface area contributed by atoms with E-state index < -0.39 is 0 Å². The Balaban J connectivity index is 1.73. The summed E-state index contributed by atoms with van der Waals surface area (Å²) in [5, 5.41) is 12.6. The number of hydrogen-bond donors (Lipinski definition) is 1. The van der Waals surface area contributed by atoms with Crippen LogP contribution in [0.5, 0.6) is 0 Å². The Morgan fingerprint density at radius 2 is 1.89 bits per heavy atom. The molecule has 1 unspecified atom stereocenters. The van der Waals surface area contributed by atoms with Gasteiger partial charge in [-0.3, -0.25) is 4.98 Å². The van der Waals surface area contributed by atoms with Crippen LogP contribution < -0.4 is 0 Å². The Hall–Kier alpha value is -1.71. The number of hydrogen-bond acceptors (Lipinski definition) is 3. The molecule has 0 amide bonds. The van der Waals surface area contributed by atoms with E-state index >= 15 is 0 Å². The Labute approximate surface area is 116 Å². The van der Waals surface area contributed by atoms with E-state index in [0.29, 0.717) is 12.8 Å². The molecule has 0 fully saturated rings. The van der Waals surface area contributed by atoms with Crippen molar-refractivity contribution in [1.29, 1.82) is 0 Å². The molecule has 0 spiro atoms. The SMILES string of the molecule is OC(Cc1ccc2ccccc2c1)Cc1cncs1. The molecule has 0 bridgehead atoms. The maximum absolute atomic E-state index is 10.1. The fraction of sp³-hybridized carbons (Fsp3) is 0.188. The van der Waals surface area contributed by atoms with Crippen LogP contribution in [-0.2, 0) is 12.8 Å². The smallest absolute Gasteiger partial charge is 0.0794 e. The Morgan fingerprint density at radius 3 is 2.68 bits per heavy atom. The second-order valence-electron chi connectivity index (χ2n) is 4.71. The summed E-state index contributed by atoms with van der Waals surface area (Å²) in [7, 11) is 0. The van der Waals surface area contributed by atoms with Crippen molar-refractivity contribution in [1.82, 2.24) is 4.98 Å². The van der Waals surface area contributed by atoms with Crippen molar-refractivity contribution in [2.45, 2.75) is 18.9 Å². The molecule has 0 saturated heterocycles. The van der Waals surface area contributed by atoms with Crippen molar-refractivity contribution in [2.24, 2.45) is 0 Å². The molecule has 0 aliphatic rings. The quantitative estimate of drug-likeness (QED) is 0.787. The second kappa shape index (κ2) is 5.51. The normalized spacial score (nSPS) is 12.7. The van der Waals surface area contributed by atoms with Gasteiger partial charge in [0.1, 0.15) is 0 Å². The highest BCUT2D eigenvalue weighted by Crippen LogP contribution is 2.18. The molecule has 3 rings (SSSR count). The summed E-state index contributed by atoms with van der Waals surface area (Å²) in [5.74, 6) is 0. The number of aliphatic hydroxyl groups is 1. The summed E-state index contributed by atoms with van der Waals surface area (Å²) in [6, 6.07) is 14.7. The number of thiazole rings is 1. The molecule has 0 aliphatic carbocycles. The maximum Gasteiger partial charge on any atom is 0.0794 e. The average molecular weight is 269 g/mol. The largest absolute Gasteiger partial charge is 0.392 e. The first-order chi connectivity index (χ1) is 9.31. The van der Waals surface area contributed by atoms with Crippen LogP contribution >= 0.6 is 11.3 Å². The van der Waals surface area contributed by atoms with E-state index in [4.69, 9.17) is 0 Å². The molecule has 1 heterocycles. The molecular formula is C16H15NOS. The molecule has 0 aliphatic heterocycles. The van der Waals surface area contributed by atoms with Gasteiger partial charge in [-0.1, -0.05) is 42.5 Å². The summed E-state index contributed by atoms with van der Waals surface area (Å²) >= 11 is 1.59. The molecule has 19 heavy (non-hydrogen) atoms. The molecule has 96 valence electrons. The van der Waals surface area contributed by atoms with Crippen molar-refractivity contribution in [3.05, 3.63) is 64.6 Å². The van der Waals surface area contributed by atoms with E-state index in [0.717, 1.165) is 4.88 Å². The van der Waals surface area contributed by atoms with Crippen molar-refractivity contribution in [3.8, 4) is 0 Å².